The largest absolute Gasteiger partial charge is 0.481 e. The number of rotatable bonds is 15. The van der Waals surface area contributed by atoms with Gasteiger partial charge in [-0.25, -0.2) is 0 Å². The molecule has 0 aromatic carbocycles. The van der Waals surface area contributed by atoms with Crippen LogP contribution in [0.25, 0.3) is 0 Å². The molecule has 8 nitrogen and oxygen atoms in total. The predicted octanol–water partition coefficient (Wildman–Crippen LogP) is 1.35. The highest BCUT2D eigenvalue weighted by atomic mass is 31.1. The van der Waals surface area contributed by atoms with E-state index in [-0.39, 0.29) is 12.8 Å². The quantitative estimate of drug-likeness (QED) is 0.212. The Morgan fingerprint density at radius 2 is 1.03 bits per heavy atom. The van der Waals surface area contributed by atoms with Crippen molar-refractivity contribution in [1.82, 2.24) is 14.7 Å². The van der Waals surface area contributed by atoms with Gasteiger partial charge in [0.05, 0.1) is 0 Å². The maximum absolute atomic E-state index is 10.7. The van der Waals surface area contributed by atoms with Crippen LogP contribution in [-0.4, -0.2) is 120 Å². The third kappa shape index (κ3) is 15.3. The Labute approximate surface area is 179 Å². The topological polar surface area (TPSA) is 101 Å². The van der Waals surface area contributed by atoms with Crippen molar-refractivity contribution < 1.29 is 24.6 Å². The maximum atomic E-state index is 10.7. The van der Waals surface area contributed by atoms with E-state index < -0.39 is 11.9 Å². The molecule has 3 atom stereocenters. The van der Waals surface area contributed by atoms with Crippen molar-refractivity contribution in [1.29, 1.82) is 0 Å². The van der Waals surface area contributed by atoms with Gasteiger partial charge < -0.3 is 15.0 Å². The van der Waals surface area contributed by atoms with Crippen LogP contribution in [-0.2, 0) is 14.4 Å². The van der Waals surface area contributed by atoms with E-state index in [0.29, 0.717) is 23.6 Å². The van der Waals surface area contributed by atoms with E-state index in [4.69, 9.17) is 10.2 Å². The van der Waals surface area contributed by atoms with Crippen LogP contribution in [0.4, 0.5) is 0 Å². The number of aldehydes is 1. The summed E-state index contributed by atoms with van der Waals surface area (Å²) in [4.78, 5) is 39.3. The minimum atomic E-state index is -0.724. The van der Waals surface area contributed by atoms with Crippen molar-refractivity contribution in [3.8, 4) is 0 Å². The van der Waals surface area contributed by atoms with Crippen LogP contribution in [0.1, 0.15) is 19.3 Å². The van der Waals surface area contributed by atoms with Gasteiger partial charge in [0.2, 0.25) is 0 Å². The predicted molar refractivity (Wildman–Crippen MR) is 124 cm³/mol. The average molecular weight is 467 g/mol. The molecule has 0 radical (unpaired) electrons. The van der Waals surface area contributed by atoms with E-state index in [1.807, 2.05) is 0 Å². The summed E-state index contributed by atoms with van der Waals surface area (Å²) < 4.78 is 0. The molecule has 0 spiro atoms. The van der Waals surface area contributed by atoms with Gasteiger partial charge in [0.15, 0.2) is 0 Å². The lowest BCUT2D eigenvalue weighted by Crippen LogP contribution is -2.35. The number of hydrogen-bond acceptors (Lipinski definition) is 6. The zero-order chi connectivity index (χ0) is 21.3. The second kappa shape index (κ2) is 17.5. The number of hydrogen-bond donors (Lipinski definition) is 2. The molecule has 0 saturated carbocycles. The van der Waals surface area contributed by atoms with E-state index in [0.717, 1.165) is 91.5 Å². The summed E-state index contributed by atoms with van der Waals surface area (Å²) in [5.74, 6) is -1.45. The second-order valence-corrected chi connectivity index (χ2v) is 11.0. The van der Waals surface area contributed by atoms with Crippen LogP contribution in [0, 0.1) is 0 Å². The minimum Gasteiger partial charge on any atom is -0.481 e. The summed E-state index contributed by atoms with van der Waals surface area (Å²) in [6.07, 6.45) is 7.48. The summed E-state index contributed by atoms with van der Waals surface area (Å²) >= 11 is 0. The third-order valence-corrected chi connectivity index (χ3v) is 8.54. The molecule has 1 aliphatic rings. The fourth-order valence-corrected chi connectivity index (χ4v) is 6.40. The first kappa shape index (κ1) is 26.8. The average Bonchev–Trinajstić information content (AvgIpc) is 2.77. The van der Waals surface area contributed by atoms with Gasteiger partial charge in [0, 0.05) is 77.4 Å². The van der Waals surface area contributed by atoms with Crippen molar-refractivity contribution in [2.24, 2.45) is 0 Å². The molecule has 0 aliphatic carbocycles. The number of carbonyl (C=O) groups is 3. The van der Waals surface area contributed by atoms with Crippen molar-refractivity contribution in [3.05, 3.63) is 0 Å². The summed E-state index contributed by atoms with van der Waals surface area (Å²) in [6.45, 7) is 5.95. The van der Waals surface area contributed by atoms with Gasteiger partial charge in [0.25, 0.3) is 0 Å². The fourth-order valence-electron chi connectivity index (χ4n) is 2.92. The lowest BCUT2D eigenvalue weighted by molar-refractivity contribution is -0.137. The Morgan fingerprint density at radius 3 is 1.34 bits per heavy atom. The van der Waals surface area contributed by atoms with Gasteiger partial charge >= 0.3 is 11.9 Å². The number of carboxylic acid groups (broad SMARTS) is 2. The molecule has 1 rings (SSSR count). The lowest BCUT2D eigenvalue weighted by Gasteiger charge is -2.25. The number of nitrogens with zero attached hydrogens (tertiary/aromatic N) is 3. The molecule has 29 heavy (non-hydrogen) atoms. The van der Waals surface area contributed by atoms with Crippen LogP contribution in [0.5, 0.6) is 0 Å². The highest BCUT2D eigenvalue weighted by molar-refractivity contribution is 7.38. The summed E-state index contributed by atoms with van der Waals surface area (Å²) in [6, 6.07) is 0. The number of aliphatic carboxylic acids is 2. The Bertz CT molecular complexity index is 454. The first-order chi connectivity index (χ1) is 14.0. The standard InChI is InChI=1S/C18H36N3O5P3/c22-10-1-11-27-14-19-4-6-20(15-28-12-2-17(23)24)8-9-21(7-5-19)16-29-13-3-18(25)26/h10,27-29H,1-9,11-16H2,(H,23,24)(H,25,26). The molecule has 3 unspecified atom stereocenters. The van der Waals surface area contributed by atoms with Crippen LogP contribution >= 0.6 is 25.7 Å². The van der Waals surface area contributed by atoms with Crippen LogP contribution < -0.4 is 0 Å². The summed E-state index contributed by atoms with van der Waals surface area (Å²) in [5.41, 5.74) is 0. The van der Waals surface area contributed by atoms with Crippen molar-refractivity contribution in [3.63, 3.8) is 0 Å². The molecule has 0 bridgehead atoms. The Kier molecular flexibility index (Phi) is 16.1. The van der Waals surface area contributed by atoms with E-state index >= 15 is 0 Å². The molecule has 2 N–H and O–H groups in total. The second-order valence-electron chi connectivity index (χ2n) is 7.07. The van der Waals surface area contributed by atoms with Gasteiger partial charge in [-0.15, -0.1) is 25.7 Å². The third-order valence-electron chi connectivity index (χ3n) is 4.67. The SMILES string of the molecule is O=CCCPCN1CCN(CPCCC(=O)O)CCN(CPCCC(=O)O)CC1. The van der Waals surface area contributed by atoms with Crippen molar-refractivity contribution >= 4 is 44.0 Å². The highest BCUT2D eigenvalue weighted by Gasteiger charge is 2.16. The zero-order valence-corrected chi connectivity index (χ0v) is 20.1. The number of carboxylic acids is 2. The molecular formula is C18H36N3O5P3. The summed E-state index contributed by atoms with van der Waals surface area (Å²) in [5, 5.41) is 17.6. The molecule has 1 saturated heterocycles. The van der Waals surface area contributed by atoms with Crippen LogP contribution in [0.2, 0.25) is 0 Å². The van der Waals surface area contributed by atoms with Crippen LogP contribution in [0.3, 0.4) is 0 Å². The Morgan fingerprint density at radius 1 is 0.690 bits per heavy atom. The van der Waals surface area contributed by atoms with Gasteiger partial charge in [-0.2, -0.15) is 0 Å². The molecule has 0 aromatic heterocycles. The van der Waals surface area contributed by atoms with Gasteiger partial charge in [-0.05, 0) is 18.5 Å². The molecule has 1 heterocycles. The summed E-state index contributed by atoms with van der Waals surface area (Å²) in [7, 11) is 2.05. The first-order valence-corrected chi connectivity index (χ1v) is 14.4. The minimum absolute atomic E-state index is 0.243. The molecule has 1 fully saturated rings. The molecular weight excluding hydrogens is 431 g/mol. The van der Waals surface area contributed by atoms with E-state index in [1.54, 1.807) is 0 Å². The Hall–Kier alpha value is -0.220. The molecule has 0 aromatic rings. The van der Waals surface area contributed by atoms with E-state index in [2.05, 4.69) is 14.7 Å². The van der Waals surface area contributed by atoms with Crippen molar-refractivity contribution in [2.45, 2.75) is 19.3 Å². The first-order valence-electron chi connectivity index (χ1n) is 10.2. The van der Waals surface area contributed by atoms with Gasteiger partial charge in [-0.3, -0.25) is 24.3 Å². The van der Waals surface area contributed by atoms with Gasteiger partial charge in [-0.1, -0.05) is 0 Å². The smallest absolute Gasteiger partial charge is 0.303 e. The van der Waals surface area contributed by atoms with Crippen molar-refractivity contribution in [2.75, 3.05) is 76.6 Å². The van der Waals surface area contributed by atoms with E-state index in [9.17, 15) is 14.4 Å². The highest BCUT2D eigenvalue weighted by Crippen LogP contribution is 2.18. The molecule has 168 valence electrons. The Balaban J connectivity index is 2.50. The maximum Gasteiger partial charge on any atom is 0.303 e. The molecule has 11 heteroatoms. The zero-order valence-electron chi connectivity index (χ0n) is 17.1. The number of carbonyl (C=O) groups excluding carboxylic acids is 1. The fraction of sp³-hybridized carbons (Fsp3) is 0.833. The monoisotopic (exact) mass is 467 g/mol. The van der Waals surface area contributed by atoms with Gasteiger partial charge in [0.1, 0.15) is 6.29 Å². The van der Waals surface area contributed by atoms with E-state index in [1.165, 1.54) is 0 Å². The lowest BCUT2D eigenvalue weighted by atomic mass is 10.5. The van der Waals surface area contributed by atoms with Crippen LogP contribution in [0.15, 0.2) is 0 Å². The molecule has 1 aliphatic heterocycles. The molecule has 0 amide bonds. The normalized spacial score (nSPS) is 18.6.